The van der Waals surface area contributed by atoms with Crippen LogP contribution in [0.1, 0.15) is 37.8 Å². The number of aliphatic hydroxyl groups is 1. The lowest BCUT2D eigenvalue weighted by molar-refractivity contribution is -0.122. The number of hydrogen-bond donors (Lipinski definition) is 2. The van der Waals surface area contributed by atoms with Crippen LogP contribution in [0.2, 0.25) is 0 Å². The van der Waals surface area contributed by atoms with Gasteiger partial charge in [0.05, 0.1) is 24.4 Å². The Kier molecular flexibility index (Phi) is 5.46. The summed E-state index contributed by atoms with van der Waals surface area (Å²) < 4.78 is 6.07. The summed E-state index contributed by atoms with van der Waals surface area (Å²) in [5, 5.41) is 13.8. The van der Waals surface area contributed by atoms with E-state index in [1.165, 1.54) is 18.1 Å². The Morgan fingerprint density at radius 2 is 2.28 bits per heavy atom. The number of rotatable bonds is 3. The topological polar surface area (TPSA) is 61.8 Å². The van der Waals surface area contributed by atoms with Gasteiger partial charge in [0.25, 0.3) is 0 Å². The standard InChI is InChI=1S/C20H30N2O3/c1-14-5-4-6-16(9-14)11-22-8-7-18-17(12-22)10-20(3,24)19(13-25-18)21-15(2)23/h4-6,9,17-19,24H,7-8,10-13H2,1-3H3,(H,21,23)/t17-,18+,19+,20+/m0/s1. The van der Waals surface area contributed by atoms with Crippen molar-refractivity contribution in [1.82, 2.24) is 10.2 Å². The van der Waals surface area contributed by atoms with Crippen molar-refractivity contribution in [3.63, 3.8) is 0 Å². The lowest BCUT2D eigenvalue weighted by Crippen LogP contribution is -2.53. The van der Waals surface area contributed by atoms with Gasteiger partial charge >= 0.3 is 0 Å². The van der Waals surface area contributed by atoms with Gasteiger partial charge in [0, 0.05) is 32.5 Å². The predicted molar refractivity (Wildman–Crippen MR) is 97.1 cm³/mol. The molecule has 0 bridgehead atoms. The predicted octanol–water partition coefficient (Wildman–Crippen LogP) is 1.86. The summed E-state index contributed by atoms with van der Waals surface area (Å²) in [4.78, 5) is 13.9. The minimum atomic E-state index is -0.947. The highest BCUT2D eigenvalue weighted by Crippen LogP contribution is 2.33. The molecule has 0 saturated carbocycles. The molecule has 0 aliphatic carbocycles. The highest BCUT2D eigenvalue weighted by Gasteiger charge is 2.43. The molecule has 2 heterocycles. The van der Waals surface area contributed by atoms with Crippen molar-refractivity contribution in [2.45, 2.75) is 57.9 Å². The van der Waals surface area contributed by atoms with Crippen LogP contribution in [0.15, 0.2) is 24.3 Å². The summed E-state index contributed by atoms with van der Waals surface area (Å²) in [5.74, 6) is 0.159. The molecule has 4 atom stereocenters. The zero-order valence-corrected chi connectivity index (χ0v) is 15.5. The first-order valence-electron chi connectivity index (χ1n) is 9.22. The number of carbonyl (C=O) groups excluding carboxylic acids is 1. The zero-order chi connectivity index (χ0) is 18.0. The van der Waals surface area contributed by atoms with Crippen LogP contribution in [-0.4, -0.2) is 53.4 Å². The quantitative estimate of drug-likeness (QED) is 0.877. The molecule has 3 rings (SSSR count). The molecule has 0 spiro atoms. The molecule has 5 nitrogen and oxygen atoms in total. The van der Waals surface area contributed by atoms with Crippen molar-refractivity contribution in [2.75, 3.05) is 19.7 Å². The lowest BCUT2D eigenvalue weighted by atomic mass is 9.82. The SMILES string of the molecule is CC(=O)N[C@@H]1CO[C@@H]2CCN(Cc3cccc(C)c3)C[C@@H]2C[C@@]1(C)O. The fourth-order valence-corrected chi connectivity index (χ4v) is 4.23. The van der Waals surface area contributed by atoms with E-state index in [0.29, 0.717) is 13.0 Å². The zero-order valence-electron chi connectivity index (χ0n) is 15.5. The molecule has 1 amide bonds. The summed E-state index contributed by atoms with van der Waals surface area (Å²) >= 11 is 0. The van der Waals surface area contributed by atoms with Gasteiger partial charge in [0.2, 0.25) is 5.91 Å². The van der Waals surface area contributed by atoms with E-state index < -0.39 is 5.60 Å². The Morgan fingerprint density at radius 1 is 1.48 bits per heavy atom. The number of ether oxygens (including phenoxy) is 1. The van der Waals surface area contributed by atoms with Gasteiger partial charge in [-0.15, -0.1) is 0 Å². The molecule has 2 saturated heterocycles. The van der Waals surface area contributed by atoms with Crippen molar-refractivity contribution >= 4 is 5.91 Å². The van der Waals surface area contributed by atoms with E-state index in [-0.39, 0.29) is 24.0 Å². The highest BCUT2D eigenvalue weighted by atomic mass is 16.5. The summed E-state index contributed by atoms with van der Waals surface area (Å²) in [6.07, 6.45) is 1.78. The number of likely N-dealkylation sites (tertiary alicyclic amines) is 1. The number of nitrogens with zero attached hydrogens (tertiary/aromatic N) is 1. The Labute approximate surface area is 150 Å². The summed E-state index contributed by atoms with van der Waals surface area (Å²) in [6.45, 7) is 8.65. The van der Waals surface area contributed by atoms with Gasteiger partial charge in [-0.3, -0.25) is 9.69 Å². The number of fused-ring (bicyclic) bond motifs is 1. The van der Waals surface area contributed by atoms with Crippen molar-refractivity contribution in [3.8, 4) is 0 Å². The number of carbonyl (C=O) groups is 1. The van der Waals surface area contributed by atoms with Crippen LogP contribution in [0.4, 0.5) is 0 Å². The maximum atomic E-state index is 11.4. The molecular formula is C20H30N2O3. The fourth-order valence-electron chi connectivity index (χ4n) is 4.23. The van der Waals surface area contributed by atoms with Gasteiger partial charge in [0.15, 0.2) is 0 Å². The third-order valence-electron chi connectivity index (χ3n) is 5.52. The van der Waals surface area contributed by atoms with Gasteiger partial charge < -0.3 is 15.2 Å². The average molecular weight is 346 g/mol. The molecule has 2 N–H and O–H groups in total. The summed E-state index contributed by atoms with van der Waals surface area (Å²) in [5.41, 5.74) is 1.67. The van der Waals surface area contributed by atoms with Gasteiger partial charge in [-0.1, -0.05) is 29.8 Å². The Hall–Kier alpha value is -1.43. The lowest BCUT2D eigenvalue weighted by Gasteiger charge is -2.39. The van der Waals surface area contributed by atoms with Crippen molar-refractivity contribution < 1.29 is 14.6 Å². The number of hydrogen-bond acceptors (Lipinski definition) is 4. The van der Waals surface area contributed by atoms with E-state index in [1.54, 1.807) is 0 Å². The number of amides is 1. The molecule has 0 radical (unpaired) electrons. The normalized spacial score (nSPS) is 33.4. The van der Waals surface area contributed by atoms with E-state index in [9.17, 15) is 9.90 Å². The molecule has 2 fully saturated rings. The number of piperidine rings is 1. The molecule has 0 aromatic heterocycles. The molecule has 2 aliphatic heterocycles. The van der Waals surface area contributed by atoms with Crippen molar-refractivity contribution in [2.24, 2.45) is 5.92 Å². The molecule has 138 valence electrons. The first-order chi connectivity index (χ1) is 11.8. The van der Waals surface area contributed by atoms with E-state index in [2.05, 4.69) is 41.4 Å². The van der Waals surface area contributed by atoms with Gasteiger partial charge in [-0.05, 0) is 32.3 Å². The van der Waals surface area contributed by atoms with Crippen molar-refractivity contribution in [3.05, 3.63) is 35.4 Å². The fraction of sp³-hybridized carbons (Fsp3) is 0.650. The van der Waals surface area contributed by atoms with E-state index >= 15 is 0 Å². The van der Waals surface area contributed by atoms with Crippen LogP contribution >= 0.6 is 0 Å². The molecule has 25 heavy (non-hydrogen) atoms. The largest absolute Gasteiger partial charge is 0.388 e. The van der Waals surface area contributed by atoms with Gasteiger partial charge in [-0.25, -0.2) is 0 Å². The number of aryl methyl sites for hydroxylation is 1. The molecule has 5 heteroatoms. The van der Waals surface area contributed by atoms with Gasteiger partial charge in [0.1, 0.15) is 0 Å². The Bertz CT molecular complexity index is 617. The monoisotopic (exact) mass is 346 g/mol. The summed E-state index contributed by atoms with van der Waals surface area (Å²) in [6, 6.07) is 8.29. The summed E-state index contributed by atoms with van der Waals surface area (Å²) in [7, 11) is 0. The van der Waals surface area contributed by atoms with Crippen LogP contribution < -0.4 is 5.32 Å². The molecule has 2 aliphatic rings. The second-order valence-electron chi connectivity index (χ2n) is 7.96. The van der Waals surface area contributed by atoms with E-state index in [1.807, 2.05) is 6.92 Å². The van der Waals surface area contributed by atoms with Crippen molar-refractivity contribution in [1.29, 1.82) is 0 Å². The van der Waals surface area contributed by atoms with E-state index in [0.717, 1.165) is 26.1 Å². The number of nitrogens with one attached hydrogen (secondary N) is 1. The third kappa shape index (κ3) is 4.60. The van der Waals surface area contributed by atoms with E-state index in [4.69, 9.17) is 4.74 Å². The highest BCUT2D eigenvalue weighted by molar-refractivity contribution is 5.73. The third-order valence-corrected chi connectivity index (χ3v) is 5.52. The van der Waals surface area contributed by atoms with Crippen LogP contribution in [-0.2, 0) is 16.1 Å². The molecule has 1 aromatic carbocycles. The minimum Gasteiger partial charge on any atom is -0.388 e. The smallest absolute Gasteiger partial charge is 0.217 e. The first kappa shape index (κ1) is 18.4. The maximum absolute atomic E-state index is 11.4. The molecular weight excluding hydrogens is 316 g/mol. The van der Waals surface area contributed by atoms with Crippen LogP contribution in [0.5, 0.6) is 0 Å². The van der Waals surface area contributed by atoms with Crippen LogP contribution in [0.3, 0.4) is 0 Å². The van der Waals surface area contributed by atoms with Crippen LogP contribution in [0.25, 0.3) is 0 Å². The first-order valence-corrected chi connectivity index (χ1v) is 9.22. The number of benzene rings is 1. The Morgan fingerprint density at radius 3 is 3.00 bits per heavy atom. The second kappa shape index (κ2) is 7.44. The molecule has 1 aromatic rings. The minimum absolute atomic E-state index is 0.125. The molecule has 0 unspecified atom stereocenters. The van der Waals surface area contributed by atoms with Gasteiger partial charge in [-0.2, -0.15) is 0 Å². The Balaban J connectivity index is 1.66. The average Bonchev–Trinajstić information content (AvgIpc) is 2.63. The van der Waals surface area contributed by atoms with Crippen LogP contribution in [0, 0.1) is 12.8 Å². The second-order valence-corrected chi connectivity index (χ2v) is 7.96. The maximum Gasteiger partial charge on any atom is 0.217 e.